The summed E-state index contributed by atoms with van der Waals surface area (Å²) in [5.74, 6) is 0. The van der Waals surface area contributed by atoms with Crippen LogP contribution in [0.4, 0.5) is 0 Å². The average molecular weight is 753 g/mol. The predicted octanol–water partition coefficient (Wildman–Crippen LogP) is 15.2. The first-order chi connectivity index (χ1) is 27.2. The number of fused-ring (bicyclic) bond motifs is 7. The zero-order chi connectivity index (χ0) is 36.5. The van der Waals surface area contributed by atoms with E-state index in [1.165, 1.54) is 62.6 Å². The Bertz CT molecular complexity index is 3150. The van der Waals surface area contributed by atoms with E-state index in [4.69, 9.17) is 4.98 Å². The summed E-state index contributed by atoms with van der Waals surface area (Å²) >= 11 is 5.36. The maximum atomic E-state index is 9.54. The summed E-state index contributed by atoms with van der Waals surface area (Å²) < 4.78 is 6.29. The Kier molecular flexibility index (Phi) is 7.50. The van der Waals surface area contributed by atoms with E-state index in [9.17, 15) is 5.26 Å². The van der Waals surface area contributed by atoms with Crippen molar-refractivity contribution in [2.45, 2.75) is 0 Å². The van der Waals surface area contributed by atoms with Gasteiger partial charge in [0.1, 0.15) is 5.01 Å². The third-order valence-corrected chi connectivity index (χ3v) is 14.1. The molecule has 256 valence electrons. The molecule has 0 aliphatic carbocycles. The van der Waals surface area contributed by atoms with Crippen molar-refractivity contribution in [2.75, 3.05) is 0 Å². The number of nitriles is 1. The van der Waals surface area contributed by atoms with E-state index in [2.05, 4.69) is 158 Å². The monoisotopic (exact) mass is 752 g/mol. The Hall–Kier alpha value is -6.42. The third-order valence-electron chi connectivity index (χ3n) is 10.6. The zero-order valence-electron chi connectivity index (χ0n) is 29.3. The molecule has 55 heavy (non-hydrogen) atoms. The van der Waals surface area contributed by atoms with Crippen LogP contribution in [0, 0.1) is 11.3 Å². The van der Waals surface area contributed by atoms with Gasteiger partial charge in [0.15, 0.2) is 0 Å². The molecule has 3 heterocycles. The summed E-state index contributed by atoms with van der Waals surface area (Å²) in [7, 11) is 0. The molecule has 0 spiro atoms. The van der Waals surface area contributed by atoms with Crippen LogP contribution in [0.2, 0.25) is 0 Å². The maximum absolute atomic E-state index is 9.54. The van der Waals surface area contributed by atoms with Gasteiger partial charge in [-0.3, -0.25) is 0 Å². The van der Waals surface area contributed by atoms with Crippen LogP contribution in [-0.2, 0) is 0 Å². The number of rotatable bonds is 5. The van der Waals surface area contributed by atoms with Gasteiger partial charge >= 0.3 is 0 Å². The van der Waals surface area contributed by atoms with Crippen LogP contribution in [0.5, 0.6) is 0 Å². The molecule has 0 saturated heterocycles. The topological polar surface area (TPSA) is 36.7 Å². The lowest BCUT2D eigenvalue weighted by atomic mass is 9.93. The highest BCUT2D eigenvalue weighted by Gasteiger charge is 2.15. The first-order valence-electron chi connectivity index (χ1n) is 18.2. The zero-order valence-corrected chi connectivity index (χ0v) is 31.7. The highest BCUT2D eigenvalue weighted by atomic mass is 32.1. The first-order valence-corrected chi connectivity index (χ1v) is 20.6. The molecule has 0 aliphatic heterocycles. The Morgan fingerprint density at radius 2 is 0.873 bits per heavy atom. The standard InChI is InChI=1S/C50H28N2S3/c51-29-30-15-24-44-47(25-30)55-50(52-44)37-27-35(31-16-20-33(21-17-31)38-9-5-11-42-40-7-1-3-13-45(40)53-48(38)42)26-36(28-37)32-18-22-34(23-19-32)39-10-6-12-43-41-8-2-4-14-46(41)54-49(39)43/h1-28H. The molecule has 0 N–H and O–H groups in total. The van der Waals surface area contributed by atoms with Gasteiger partial charge in [-0.05, 0) is 93.0 Å². The van der Waals surface area contributed by atoms with Gasteiger partial charge in [-0.15, -0.1) is 34.0 Å². The van der Waals surface area contributed by atoms with Crippen molar-refractivity contribution in [1.82, 2.24) is 4.98 Å². The van der Waals surface area contributed by atoms with Crippen molar-refractivity contribution in [3.8, 4) is 61.1 Å². The number of hydrogen-bond acceptors (Lipinski definition) is 5. The molecule has 8 aromatic carbocycles. The van der Waals surface area contributed by atoms with Crippen LogP contribution < -0.4 is 0 Å². The number of aromatic nitrogens is 1. The fourth-order valence-corrected chi connectivity index (χ4v) is 11.3. The number of hydrogen-bond donors (Lipinski definition) is 0. The summed E-state index contributed by atoms with van der Waals surface area (Å²) in [4.78, 5) is 5.04. The van der Waals surface area contributed by atoms with Gasteiger partial charge < -0.3 is 0 Å². The van der Waals surface area contributed by atoms with Gasteiger partial charge in [0.2, 0.25) is 0 Å². The molecule has 11 aromatic rings. The second-order valence-corrected chi connectivity index (χ2v) is 17.0. The van der Waals surface area contributed by atoms with E-state index in [0.717, 1.165) is 43.0 Å². The van der Waals surface area contributed by atoms with E-state index in [-0.39, 0.29) is 0 Å². The van der Waals surface area contributed by atoms with E-state index in [0.29, 0.717) is 5.56 Å². The van der Waals surface area contributed by atoms with Gasteiger partial charge in [-0.1, -0.05) is 121 Å². The molecule has 0 saturated carbocycles. The van der Waals surface area contributed by atoms with Crippen molar-refractivity contribution < 1.29 is 0 Å². The Balaban J connectivity index is 1.01. The quantitative estimate of drug-likeness (QED) is 0.176. The largest absolute Gasteiger partial charge is 0.236 e. The number of thiazole rings is 1. The molecule has 0 amide bonds. The molecule has 11 rings (SSSR count). The molecule has 3 aromatic heterocycles. The minimum absolute atomic E-state index is 0.648. The third kappa shape index (κ3) is 5.46. The maximum Gasteiger partial charge on any atom is 0.124 e. The normalized spacial score (nSPS) is 11.6. The van der Waals surface area contributed by atoms with Crippen LogP contribution in [0.15, 0.2) is 170 Å². The summed E-state index contributed by atoms with van der Waals surface area (Å²) in [5, 5.41) is 15.7. The van der Waals surface area contributed by atoms with Gasteiger partial charge in [-0.2, -0.15) is 5.26 Å². The van der Waals surface area contributed by atoms with Crippen LogP contribution >= 0.6 is 34.0 Å². The Morgan fingerprint density at radius 1 is 0.382 bits per heavy atom. The first kappa shape index (κ1) is 32.0. The predicted molar refractivity (Wildman–Crippen MR) is 237 cm³/mol. The van der Waals surface area contributed by atoms with Crippen molar-refractivity contribution >= 4 is 84.6 Å². The van der Waals surface area contributed by atoms with Crippen LogP contribution in [0.3, 0.4) is 0 Å². The molecule has 0 radical (unpaired) electrons. The second kappa shape index (κ2) is 12.9. The number of benzene rings is 8. The lowest BCUT2D eigenvalue weighted by molar-refractivity contribution is 1.46. The highest BCUT2D eigenvalue weighted by Crippen LogP contribution is 2.43. The van der Waals surface area contributed by atoms with Gasteiger partial charge in [0, 0.05) is 45.9 Å². The van der Waals surface area contributed by atoms with Crippen molar-refractivity contribution in [2.24, 2.45) is 0 Å². The lowest BCUT2D eigenvalue weighted by Gasteiger charge is -2.12. The van der Waals surface area contributed by atoms with Crippen molar-refractivity contribution in [3.63, 3.8) is 0 Å². The molecule has 0 bridgehead atoms. The molecule has 2 nitrogen and oxygen atoms in total. The fraction of sp³-hybridized carbons (Fsp3) is 0. The smallest absolute Gasteiger partial charge is 0.124 e. The summed E-state index contributed by atoms with van der Waals surface area (Å²) in [6.45, 7) is 0. The lowest BCUT2D eigenvalue weighted by Crippen LogP contribution is -1.87. The van der Waals surface area contributed by atoms with Crippen LogP contribution in [0.25, 0.3) is 106 Å². The number of thiophene rings is 2. The Labute approximate surface area is 329 Å². The molecular weight excluding hydrogens is 725 g/mol. The molecule has 0 atom stereocenters. The molecule has 0 fully saturated rings. The van der Waals surface area contributed by atoms with E-state index >= 15 is 0 Å². The summed E-state index contributed by atoms with van der Waals surface area (Å²) in [6.07, 6.45) is 0. The summed E-state index contributed by atoms with van der Waals surface area (Å²) in [5.41, 5.74) is 12.1. The molecule has 5 heteroatoms. The Morgan fingerprint density at radius 3 is 1.42 bits per heavy atom. The van der Waals surface area contributed by atoms with E-state index in [1.807, 2.05) is 40.9 Å². The average Bonchev–Trinajstić information content (AvgIpc) is 3.97. The highest BCUT2D eigenvalue weighted by molar-refractivity contribution is 7.26. The fourth-order valence-electron chi connectivity index (χ4n) is 7.84. The minimum Gasteiger partial charge on any atom is -0.236 e. The van der Waals surface area contributed by atoms with Crippen molar-refractivity contribution in [1.29, 1.82) is 5.26 Å². The minimum atomic E-state index is 0.648. The molecule has 0 aliphatic rings. The van der Waals surface area contributed by atoms with Gasteiger partial charge in [0.05, 0.1) is 21.8 Å². The van der Waals surface area contributed by atoms with E-state index < -0.39 is 0 Å². The SMILES string of the molecule is N#Cc1ccc2nc(-c3cc(-c4ccc(-c5cccc6c5sc5ccccc56)cc4)cc(-c4ccc(-c5cccc6c5sc5ccccc56)cc4)c3)sc2c1. The van der Waals surface area contributed by atoms with Crippen LogP contribution in [0.1, 0.15) is 5.56 Å². The van der Waals surface area contributed by atoms with Gasteiger partial charge in [0.25, 0.3) is 0 Å². The van der Waals surface area contributed by atoms with Crippen LogP contribution in [-0.4, -0.2) is 4.98 Å². The molecule has 0 unspecified atom stereocenters. The summed E-state index contributed by atoms with van der Waals surface area (Å²) in [6, 6.07) is 63.5. The van der Waals surface area contributed by atoms with E-state index in [1.54, 1.807) is 11.3 Å². The van der Waals surface area contributed by atoms with Gasteiger partial charge in [-0.25, -0.2) is 4.98 Å². The molecular formula is C50H28N2S3. The van der Waals surface area contributed by atoms with Crippen molar-refractivity contribution in [3.05, 3.63) is 175 Å². The number of nitrogens with zero attached hydrogens (tertiary/aromatic N) is 2. The second-order valence-electron chi connectivity index (χ2n) is 13.8.